The zero-order valence-corrected chi connectivity index (χ0v) is 19.0. The number of rotatable bonds is 13. The Morgan fingerprint density at radius 3 is 2.32 bits per heavy atom. The molecule has 1 heterocycles. The van der Waals surface area contributed by atoms with E-state index in [2.05, 4.69) is 25.9 Å². The minimum atomic E-state index is -1.17. The summed E-state index contributed by atoms with van der Waals surface area (Å²) < 4.78 is 0. The molecule has 4 atom stereocenters. The zero-order chi connectivity index (χ0) is 23.6. The Morgan fingerprint density at radius 2 is 1.81 bits per heavy atom. The second-order valence-corrected chi connectivity index (χ2v) is 8.51. The van der Waals surface area contributed by atoms with Crippen molar-refractivity contribution in [3.8, 4) is 0 Å². The number of aromatic nitrogens is 2. The van der Waals surface area contributed by atoms with Crippen molar-refractivity contribution in [3.63, 3.8) is 0 Å². The number of aliphatic carboxylic acids is 1. The average Bonchev–Trinajstić information content (AvgIpc) is 3.21. The van der Waals surface area contributed by atoms with E-state index in [1.807, 2.05) is 6.26 Å². The first kappa shape index (κ1) is 26.4. The highest BCUT2D eigenvalue weighted by atomic mass is 32.2. The van der Waals surface area contributed by atoms with E-state index in [-0.39, 0.29) is 12.3 Å². The third-order valence-electron chi connectivity index (χ3n) is 4.56. The van der Waals surface area contributed by atoms with Crippen molar-refractivity contribution in [2.24, 2.45) is 11.7 Å². The number of carbonyl (C=O) groups is 4. The molecule has 174 valence electrons. The van der Waals surface area contributed by atoms with Gasteiger partial charge in [-0.15, -0.1) is 0 Å². The molecule has 0 fully saturated rings. The summed E-state index contributed by atoms with van der Waals surface area (Å²) in [5.41, 5.74) is 6.39. The molecule has 0 radical (unpaired) electrons. The third-order valence-corrected chi connectivity index (χ3v) is 5.21. The van der Waals surface area contributed by atoms with Crippen LogP contribution in [0.3, 0.4) is 0 Å². The zero-order valence-electron chi connectivity index (χ0n) is 18.2. The number of hydrogen-bond acceptors (Lipinski definition) is 7. The fourth-order valence-corrected chi connectivity index (χ4v) is 3.14. The lowest BCUT2D eigenvalue weighted by molar-refractivity contribution is -0.143. The van der Waals surface area contributed by atoms with Gasteiger partial charge in [0, 0.05) is 18.3 Å². The van der Waals surface area contributed by atoms with Gasteiger partial charge in [0.1, 0.15) is 18.1 Å². The van der Waals surface area contributed by atoms with Gasteiger partial charge in [0.2, 0.25) is 17.7 Å². The van der Waals surface area contributed by atoms with Crippen LogP contribution in [0.2, 0.25) is 0 Å². The van der Waals surface area contributed by atoms with Crippen LogP contribution in [-0.4, -0.2) is 74.9 Å². The number of amides is 3. The largest absolute Gasteiger partial charge is 0.480 e. The van der Waals surface area contributed by atoms with Crippen molar-refractivity contribution in [2.45, 2.75) is 57.8 Å². The molecule has 11 nitrogen and oxygen atoms in total. The van der Waals surface area contributed by atoms with Crippen LogP contribution in [0.5, 0.6) is 0 Å². The second-order valence-electron chi connectivity index (χ2n) is 7.53. The Labute approximate surface area is 185 Å². The maximum atomic E-state index is 12.8. The molecule has 1 aromatic heterocycles. The van der Waals surface area contributed by atoms with Gasteiger partial charge in [-0.05, 0) is 31.3 Å². The van der Waals surface area contributed by atoms with Gasteiger partial charge >= 0.3 is 5.97 Å². The molecule has 0 bridgehead atoms. The lowest BCUT2D eigenvalue weighted by Crippen LogP contribution is -2.57. The molecule has 0 aliphatic heterocycles. The van der Waals surface area contributed by atoms with E-state index in [1.165, 1.54) is 19.4 Å². The predicted octanol–water partition coefficient (Wildman–Crippen LogP) is -0.752. The first-order valence-electron chi connectivity index (χ1n) is 9.92. The molecule has 0 aliphatic carbocycles. The van der Waals surface area contributed by atoms with Gasteiger partial charge in [0.25, 0.3) is 0 Å². The lowest BCUT2D eigenvalue weighted by atomic mass is 10.0. The van der Waals surface area contributed by atoms with Gasteiger partial charge in [0.15, 0.2) is 0 Å². The number of nitrogens with zero attached hydrogens (tertiary/aromatic N) is 1. The van der Waals surface area contributed by atoms with E-state index in [4.69, 9.17) is 5.73 Å². The molecule has 31 heavy (non-hydrogen) atoms. The molecule has 0 saturated heterocycles. The lowest BCUT2D eigenvalue weighted by Gasteiger charge is -2.24. The molecule has 0 aromatic carbocycles. The van der Waals surface area contributed by atoms with Crippen LogP contribution in [-0.2, 0) is 25.6 Å². The molecule has 1 aromatic rings. The van der Waals surface area contributed by atoms with Gasteiger partial charge in [-0.1, -0.05) is 13.8 Å². The Hall–Kier alpha value is -2.60. The summed E-state index contributed by atoms with van der Waals surface area (Å²) in [4.78, 5) is 55.7. The number of H-pyrrole nitrogens is 1. The van der Waals surface area contributed by atoms with Gasteiger partial charge in [-0.3, -0.25) is 14.4 Å². The molecule has 1 rings (SSSR count). The normalized spacial score (nSPS) is 14.9. The SMILES string of the molecule is CSCCC(N)C(=O)NC(C)C(=O)NC(Cc1cnc[nH]1)C(=O)NC(C(=O)O)C(C)C. The fraction of sp³-hybridized carbons (Fsp3) is 0.632. The average molecular weight is 457 g/mol. The number of aromatic amines is 1. The highest BCUT2D eigenvalue weighted by Crippen LogP contribution is 2.05. The summed E-state index contributed by atoms with van der Waals surface area (Å²) in [5.74, 6) is -2.53. The number of thioether (sulfide) groups is 1. The number of carboxylic acids is 1. The fourth-order valence-electron chi connectivity index (χ4n) is 2.65. The number of carboxylic acid groups (broad SMARTS) is 1. The van der Waals surface area contributed by atoms with E-state index >= 15 is 0 Å². The second kappa shape index (κ2) is 13.0. The standard InChI is InChI=1S/C19H32N6O5S/c1-10(2)15(19(29)30)25-18(28)14(7-12-8-21-9-22-12)24-16(26)11(3)23-17(27)13(20)5-6-31-4/h8-11,13-15H,5-7,20H2,1-4H3,(H,21,22)(H,23,27)(H,24,26)(H,25,28)(H,29,30). The Morgan fingerprint density at radius 1 is 1.13 bits per heavy atom. The van der Waals surface area contributed by atoms with Crippen LogP contribution in [0.25, 0.3) is 0 Å². The molecule has 0 aliphatic rings. The van der Waals surface area contributed by atoms with E-state index in [1.54, 1.807) is 25.6 Å². The van der Waals surface area contributed by atoms with Crippen molar-refractivity contribution in [1.29, 1.82) is 0 Å². The molecule has 12 heteroatoms. The van der Waals surface area contributed by atoms with Crippen LogP contribution in [0, 0.1) is 5.92 Å². The summed E-state index contributed by atoms with van der Waals surface area (Å²) in [6, 6.07) is -3.86. The monoisotopic (exact) mass is 456 g/mol. The van der Waals surface area contributed by atoms with Crippen LogP contribution >= 0.6 is 11.8 Å². The van der Waals surface area contributed by atoms with Crippen molar-refractivity contribution in [3.05, 3.63) is 18.2 Å². The van der Waals surface area contributed by atoms with Crippen LogP contribution < -0.4 is 21.7 Å². The van der Waals surface area contributed by atoms with Crippen molar-refractivity contribution in [2.75, 3.05) is 12.0 Å². The van der Waals surface area contributed by atoms with Gasteiger partial charge in [-0.25, -0.2) is 9.78 Å². The summed E-state index contributed by atoms with van der Waals surface area (Å²) >= 11 is 1.56. The minimum Gasteiger partial charge on any atom is -0.480 e. The topological polar surface area (TPSA) is 179 Å². The van der Waals surface area contributed by atoms with Crippen LogP contribution in [0.15, 0.2) is 12.5 Å². The molecule has 4 unspecified atom stereocenters. The molecule has 0 spiro atoms. The van der Waals surface area contributed by atoms with Gasteiger partial charge < -0.3 is 31.8 Å². The highest BCUT2D eigenvalue weighted by molar-refractivity contribution is 7.98. The summed E-state index contributed by atoms with van der Waals surface area (Å²) in [7, 11) is 0. The van der Waals surface area contributed by atoms with Crippen molar-refractivity contribution >= 4 is 35.5 Å². The van der Waals surface area contributed by atoms with E-state index < -0.39 is 47.9 Å². The number of carbonyl (C=O) groups excluding carboxylic acids is 3. The number of nitrogens with two attached hydrogens (primary N) is 1. The van der Waals surface area contributed by atoms with Crippen LogP contribution in [0.4, 0.5) is 0 Å². The summed E-state index contributed by atoms with van der Waals surface area (Å²) in [6.07, 6.45) is 5.37. The molecule has 7 N–H and O–H groups in total. The summed E-state index contributed by atoms with van der Waals surface area (Å²) in [5, 5.41) is 16.9. The predicted molar refractivity (Wildman–Crippen MR) is 117 cm³/mol. The smallest absolute Gasteiger partial charge is 0.326 e. The van der Waals surface area contributed by atoms with Gasteiger partial charge in [-0.2, -0.15) is 11.8 Å². The molecular formula is C19H32N6O5S. The molecule has 3 amide bonds. The first-order valence-corrected chi connectivity index (χ1v) is 11.3. The van der Waals surface area contributed by atoms with Crippen molar-refractivity contribution in [1.82, 2.24) is 25.9 Å². The Kier molecular flexibility index (Phi) is 11.0. The maximum absolute atomic E-state index is 12.8. The molecule has 0 saturated carbocycles. The van der Waals surface area contributed by atoms with Crippen molar-refractivity contribution < 1.29 is 24.3 Å². The Balaban J connectivity index is 2.84. The third kappa shape index (κ3) is 8.97. The minimum absolute atomic E-state index is 0.0654. The quantitative estimate of drug-likeness (QED) is 0.224. The summed E-state index contributed by atoms with van der Waals surface area (Å²) in [6.45, 7) is 4.81. The number of imidazole rings is 1. The molecular weight excluding hydrogens is 424 g/mol. The van der Waals surface area contributed by atoms with E-state index in [9.17, 15) is 24.3 Å². The van der Waals surface area contributed by atoms with E-state index in [0.29, 0.717) is 17.9 Å². The van der Waals surface area contributed by atoms with Gasteiger partial charge in [0.05, 0.1) is 12.4 Å². The maximum Gasteiger partial charge on any atom is 0.326 e. The first-order chi connectivity index (χ1) is 14.6. The number of hydrogen-bond donors (Lipinski definition) is 6. The Bertz CT molecular complexity index is 742. The highest BCUT2D eigenvalue weighted by Gasteiger charge is 2.30. The van der Waals surface area contributed by atoms with Crippen LogP contribution in [0.1, 0.15) is 32.9 Å². The number of nitrogens with one attached hydrogen (secondary N) is 4. The van der Waals surface area contributed by atoms with E-state index in [0.717, 1.165) is 0 Å².